The minimum absolute atomic E-state index is 0.0546. The van der Waals surface area contributed by atoms with Crippen LogP contribution in [0, 0.1) is 0 Å². The second kappa shape index (κ2) is 9.88. The Bertz CT molecular complexity index is 1180. The van der Waals surface area contributed by atoms with Crippen LogP contribution in [0.2, 0.25) is 0 Å². The fourth-order valence-electron chi connectivity index (χ4n) is 5.10. The Balaban J connectivity index is 1.42. The number of carboxylic acid groups (broad SMARTS) is 1. The Morgan fingerprint density at radius 2 is 1.86 bits per heavy atom. The highest BCUT2D eigenvalue weighted by molar-refractivity contribution is 5.73. The first-order valence-corrected chi connectivity index (χ1v) is 11.7. The zero-order valence-electron chi connectivity index (χ0n) is 20.1. The lowest BCUT2D eigenvalue weighted by Crippen LogP contribution is -2.61. The van der Waals surface area contributed by atoms with E-state index in [2.05, 4.69) is 0 Å². The molecule has 7 atom stereocenters. The summed E-state index contributed by atoms with van der Waals surface area (Å²) in [5.74, 6) is 0.428. The van der Waals surface area contributed by atoms with Crippen molar-refractivity contribution in [3.63, 3.8) is 0 Å². The first-order chi connectivity index (χ1) is 17.8. The molecule has 7 unspecified atom stereocenters. The van der Waals surface area contributed by atoms with Crippen LogP contribution in [0.3, 0.4) is 0 Å². The van der Waals surface area contributed by atoms with Crippen LogP contribution in [0.25, 0.3) is 0 Å². The lowest BCUT2D eigenvalue weighted by molar-refractivity contribution is -0.271. The minimum Gasteiger partial charge on any atom is -0.493 e. The summed E-state index contributed by atoms with van der Waals surface area (Å²) in [6.07, 6.45) is -8.62. The molecular weight excluding hydrogens is 492 g/mol. The Morgan fingerprint density at radius 3 is 2.54 bits per heavy atom. The number of aliphatic hydroxyl groups is 4. The molecule has 1 fully saturated rings. The number of carboxylic acids is 1. The molecule has 0 aromatic heterocycles. The van der Waals surface area contributed by atoms with Crippen molar-refractivity contribution >= 4 is 5.97 Å². The van der Waals surface area contributed by atoms with E-state index in [-0.39, 0.29) is 24.9 Å². The molecule has 0 saturated carbocycles. The van der Waals surface area contributed by atoms with Crippen molar-refractivity contribution in [1.29, 1.82) is 0 Å². The number of aliphatic hydroxyl groups excluding tert-OH is 4. The third-order valence-corrected chi connectivity index (χ3v) is 6.89. The fourth-order valence-corrected chi connectivity index (χ4v) is 5.10. The van der Waals surface area contributed by atoms with Gasteiger partial charge >= 0.3 is 5.97 Å². The third-order valence-electron chi connectivity index (χ3n) is 6.89. The number of methoxy groups -OCH3 is 2. The molecule has 5 N–H and O–H groups in total. The highest BCUT2D eigenvalue weighted by Gasteiger charge is 2.48. The zero-order chi connectivity index (χ0) is 26.4. The summed E-state index contributed by atoms with van der Waals surface area (Å²) < 4.78 is 34.3. The van der Waals surface area contributed by atoms with E-state index in [1.54, 1.807) is 18.2 Å². The van der Waals surface area contributed by atoms with E-state index in [0.717, 1.165) is 16.7 Å². The number of hydrogen-bond donors (Lipinski definition) is 5. The van der Waals surface area contributed by atoms with Gasteiger partial charge in [-0.2, -0.15) is 0 Å². The molecule has 0 amide bonds. The summed E-state index contributed by atoms with van der Waals surface area (Å²) in [4.78, 5) is 11.4. The molecule has 3 aliphatic rings. The molecule has 0 radical (unpaired) electrons. The Hall–Kier alpha value is -3.29. The van der Waals surface area contributed by atoms with E-state index < -0.39 is 42.8 Å². The number of aliphatic carboxylic acids is 1. The molecule has 5 rings (SSSR count). The predicted molar refractivity (Wildman–Crippen MR) is 123 cm³/mol. The van der Waals surface area contributed by atoms with Crippen LogP contribution >= 0.6 is 0 Å². The van der Waals surface area contributed by atoms with Crippen molar-refractivity contribution in [3.05, 3.63) is 41.0 Å². The summed E-state index contributed by atoms with van der Waals surface area (Å²) in [7, 11) is 3.05. The SMILES string of the molecule is COc1cc(CCO)c2c(c1OC)OC1c3ccc(OC4OC(C(=O)O)C(O)C(O)C4O)cc3OCC21. The summed E-state index contributed by atoms with van der Waals surface area (Å²) in [6.45, 7) is 0.206. The van der Waals surface area contributed by atoms with Crippen LogP contribution in [-0.4, -0.2) is 89.6 Å². The minimum atomic E-state index is -1.82. The molecule has 0 spiro atoms. The van der Waals surface area contributed by atoms with Gasteiger partial charge in [0.25, 0.3) is 0 Å². The first-order valence-electron chi connectivity index (χ1n) is 11.7. The summed E-state index contributed by atoms with van der Waals surface area (Å²) in [6, 6.07) is 6.68. The van der Waals surface area contributed by atoms with Gasteiger partial charge in [-0.25, -0.2) is 4.79 Å². The molecule has 200 valence electrons. The van der Waals surface area contributed by atoms with E-state index in [1.165, 1.54) is 14.2 Å². The van der Waals surface area contributed by atoms with E-state index in [9.17, 15) is 30.3 Å². The summed E-state index contributed by atoms with van der Waals surface area (Å²) in [5.41, 5.74) is 2.47. The van der Waals surface area contributed by atoms with E-state index in [0.29, 0.717) is 29.4 Å². The smallest absolute Gasteiger partial charge is 0.335 e. The largest absolute Gasteiger partial charge is 0.493 e. The monoisotopic (exact) mass is 520 g/mol. The van der Waals surface area contributed by atoms with E-state index >= 15 is 0 Å². The number of fused-ring (bicyclic) bond motifs is 5. The number of hydrogen-bond acceptors (Lipinski definition) is 11. The van der Waals surface area contributed by atoms with Gasteiger partial charge < -0.3 is 54.0 Å². The van der Waals surface area contributed by atoms with Crippen LogP contribution in [-0.2, 0) is 16.0 Å². The molecule has 2 aromatic rings. The van der Waals surface area contributed by atoms with Gasteiger partial charge in [0.05, 0.1) is 26.7 Å². The van der Waals surface area contributed by atoms with Crippen molar-refractivity contribution in [1.82, 2.24) is 0 Å². The van der Waals surface area contributed by atoms with Gasteiger partial charge in [0, 0.05) is 23.8 Å². The first kappa shape index (κ1) is 25.4. The molecule has 1 saturated heterocycles. The van der Waals surface area contributed by atoms with Crippen molar-refractivity contribution in [3.8, 4) is 28.7 Å². The molecular formula is C25H28O12. The molecule has 0 aliphatic carbocycles. The second-order valence-electron chi connectivity index (χ2n) is 9.00. The van der Waals surface area contributed by atoms with Gasteiger partial charge in [0.1, 0.15) is 35.9 Å². The van der Waals surface area contributed by atoms with Crippen molar-refractivity contribution in [2.75, 3.05) is 27.4 Å². The van der Waals surface area contributed by atoms with Gasteiger partial charge in [0.15, 0.2) is 17.6 Å². The van der Waals surface area contributed by atoms with E-state index in [4.69, 9.17) is 28.4 Å². The normalized spacial score (nSPS) is 29.7. The molecule has 12 heteroatoms. The molecule has 0 bridgehead atoms. The van der Waals surface area contributed by atoms with Crippen molar-refractivity contribution < 1.29 is 58.7 Å². The maximum atomic E-state index is 11.4. The molecule has 12 nitrogen and oxygen atoms in total. The molecule has 2 aromatic carbocycles. The lowest BCUT2D eigenvalue weighted by Gasteiger charge is -2.38. The third kappa shape index (κ3) is 4.20. The van der Waals surface area contributed by atoms with Gasteiger partial charge in [-0.3, -0.25) is 0 Å². The van der Waals surface area contributed by atoms with Gasteiger partial charge in [-0.05, 0) is 30.2 Å². The summed E-state index contributed by atoms with van der Waals surface area (Å²) in [5, 5.41) is 49.0. The predicted octanol–water partition coefficient (Wildman–Crippen LogP) is 0.119. The topological polar surface area (TPSA) is 174 Å². The number of rotatable bonds is 7. The Labute approximate surface area is 211 Å². The molecule has 37 heavy (non-hydrogen) atoms. The maximum absolute atomic E-state index is 11.4. The molecule has 3 heterocycles. The van der Waals surface area contributed by atoms with E-state index in [1.807, 2.05) is 6.07 Å². The zero-order valence-corrected chi connectivity index (χ0v) is 20.1. The van der Waals surface area contributed by atoms with Crippen LogP contribution in [0.15, 0.2) is 24.3 Å². The van der Waals surface area contributed by atoms with Crippen LogP contribution in [0.5, 0.6) is 28.7 Å². The quantitative estimate of drug-likeness (QED) is 0.334. The van der Waals surface area contributed by atoms with Gasteiger partial charge in [-0.15, -0.1) is 0 Å². The highest BCUT2D eigenvalue weighted by atomic mass is 16.7. The standard InChI is InChI=1S/C25H28O12/c1-32-15-7-10(5-6-26)16-13-9-34-14-8-11(3-4-12(14)20(13)36-22(16)21(15)33-2)35-25-19(29)17(27)18(28)23(37-25)24(30)31/h3-4,7-8,13,17-20,23,25-29H,5-6,9H2,1-2H3,(H,30,31). The second-order valence-corrected chi connectivity index (χ2v) is 9.00. The van der Waals surface area contributed by atoms with Gasteiger partial charge in [-0.1, -0.05) is 0 Å². The van der Waals surface area contributed by atoms with Crippen molar-refractivity contribution in [2.45, 2.75) is 49.1 Å². The Kier molecular flexibility index (Phi) is 6.77. The average molecular weight is 520 g/mol. The van der Waals surface area contributed by atoms with Crippen molar-refractivity contribution in [2.24, 2.45) is 0 Å². The lowest BCUT2D eigenvalue weighted by atomic mass is 9.86. The number of ether oxygens (including phenoxy) is 6. The maximum Gasteiger partial charge on any atom is 0.335 e. The van der Waals surface area contributed by atoms with Crippen LogP contribution in [0.1, 0.15) is 28.7 Å². The highest BCUT2D eigenvalue weighted by Crippen LogP contribution is 2.57. The van der Waals surface area contributed by atoms with Crippen LogP contribution < -0.4 is 23.7 Å². The number of carbonyl (C=O) groups is 1. The molecule has 3 aliphatic heterocycles. The average Bonchev–Trinajstić information content (AvgIpc) is 3.28. The van der Waals surface area contributed by atoms with Gasteiger partial charge in [0.2, 0.25) is 12.0 Å². The van der Waals surface area contributed by atoms with Crippen LogP contribution in [0.4, 0.5) is 0 Å². The summed E-state index contributed by atoms with van der Waals surface area (Å²) >= 11 is 0. The fraction of sp³-hybridized carbons (Fsp3) is 0.480. The number of benzene rings is 2. The Morgan fingerprint density at radius 1 is 1.08 bits per heavy atom.